The minimum atomic E-state index is -0.383. The number of benzene rings is 1. The quantitative estimate of drug-likeness (QED) is 0.479. The molecule has 0 aliphatic carbocycles. The van der Waals surface area contributed by atoms with E-state index in [-0.39, 0.29) is 5.97 Å². The number of carbonyl (C=O) groups is 1. The third kappa shape index (κ3) is 3.79. The Bertz CT molecular complexity index is 630. The zero-order chi connectivity index (χ0) is 15.9. The molecule has 2 rings (SSSR count). The number of carbonyl (C=O) groups excluding carboxylic acids is 1. The maximum absolute atomic E-state index is 11.6. The molecule has 0 unspecified atom stereocenters. The summed E-state index contributed by atoms with van der Waals surface area (Å²) >= 11 is 0. The Labute approximate surface area is 130 Å². The highest BCUT2D eigenvalue weighted by Crippen LogP contribution is 2.31. The molecular formula is C17H21N3O2. The van der Waals surface area contributed by atoms with Gasteiger partial charge in [-0.3, -0.25) is 0 Å². The van der Waals surface area contributed by atoms with Gasteiger partial charge in [0.15, 0.2) is 0 Å². The van der Waals surface area contributed by atoms with Crippen LogP contribution in [0.2, 0.25) is 0 Å². The first-order valence-electron chi connectivity index (χ1n) is 7.49. The van der Waals surface area contributed by atoms with Crippen molar-refractivity contribution in [2.75, 3.05) is 18.2 Å². The van der Waals surface area contributed by atoms with E-state index in [2.05, 4.69) is 17.5 Å². The van der Waals surface area contributed by atoms with E-state index in [1.165, 1.54) is 12.7 Å². The largest absolute Gasteiger partial charge is 0.464 e. The van der Waals surface area contributed by atoms with Gasteiger partial charge >= 0.3 is 5.97 Å². The van der Waals surface area contributed by atoms with Crippen molar-refractivity contribution < 1.29 is 9.53 Å². The van der Waals surface area contributed by atoms with Gasteiger partial charge in [-0.05, 0) is 49.0 Å². The minimum Gasteiger partial charge on any atom is -0.464 e. The van der Waals surface area contributed by atoms with Gasteiger partial charge in [-0.25, -0.2) is 4.79 Å². The summed E-state index contributed by atoms with van der Waals surface area (Å²) in [5.74, 6) is -0.383. The van der Waals surface area contributed by atoms with Crippen molar-refractivity contribution in [3.8, 4) is 6.07 Å². The fraction of sp³-hybridized carbons (Fsp3) is 0.412. The predicted molar refractivity (Wildman–Crippen MR) is 86.1 cm³/mol. The van der Waals surface area contributed by atoms with Gasteiger partial charge in [0.2, 0.25) is 0 Å². The zero-order valence-corrected chi connectivity index (χ0v) is 12.8. The second kappa shape index (κ2) is 7.51. The highest BCUT2D eigenvalue weighted by molar-refractivity contribution is 5.94. The summed E-state index contributed by atoms with van der Waals surface area (Å²) in [7, 11) is 1.36. The Morgan fingerprint density at radius 2 is 2.23 bits per heavy atom. The minimum absolute atomic E-state index is 0.383. The molecular weight excluding hydrogens is 278 g/mol. The van der Waals surface area contributed by atoms with Crippen LogP contribution in [-0.4, -0.2) is 13.1 Å². The number of anilines is 2. The standard InChI is InChI=1S/C17H21N3O2/c1-22-17(21)15-8-7-13-10-12(6-4-2-3-5-9-18)11-14(19)16(13)20-15/h8,10-11,20H,2-7,19H2,1H3. The van der Waals surface area contributed by atoms with Gasteiger partial charge in [0.25, 0.3) is 0 Å². The van der Waals surface area contributed by atoms with Crippen LogP contribution in [0.4, 0.5) is 11.4 Å². The summed E-state index contributed by atoms with van der Waals surface area (Å²) in [6.07, 6.45) is 7.12. The number of nitrogen functional groups attached to an aromatic ring is 1. The highest BCUT2D eigenvalue weighted by Gasteiger charge is 2.19. The first kappa shape index (κ1) is 15.9. The van der Waals surface area contributed by atoms with Crippen LogP contribution in [-0.2, 0) is 22.4 Å². The van der Waals surface area contributed by atoms with Crippen molar-refractivity contribution >= 4 is 17.3 Å². The third-order valence-electron chi connectivity index (χ3n) is 3.76. The molecule has 1 aliphatic heterocycles. The summed E-state index contributed by atoms with van der Waals surface area (Å²) in [5.41, 5.74) is 10.3. The van der Waals surface area contributed by atoms with E-state index in [0.717, 1.165) is 36.9 Å². The number of nitrogens with one attached hydrogen (secondary N) is 1. The van der Waals surface area contributed by atoms with E-state index in [4.69, 9.17) is 15.7 Å². The molecule has 0 bridgehead atoms. The lowest BCUT2D eigenvalue weighted by Gasteiger charge is -2.21. The molecule has 0 radical (unpaired) electrons. The highest BCUT2D eigenvalue weighted by atomic mass is 16.5. The summed E-state index contributed by atoms with van der Waals surface area (Å²) in [4.78, 5) is 11.6. The predicted octanol–water partition coefficient (Wildman–Crippen LogP) is 2.92. The van der Waals surface area contributed by atoms with E-state index >= 15 is 0 Å². The summed E-state index contributed by atoms with van der Waals surface area (Å²) in [6.45, 7) is 0. The van der Waals surface area contributed by atoms with Crippen molar-refractivity contribution in [2.45, 2.75) is 38.5 Å². The van der Waals surface area contributed by atoms with E-state index < -0.39 is 0 Å². The molecule has 0 amide bonds. The molecule has 1 heterocycles. The number of aryl methyl sites for hydroxylation is 1. The molecule has 5 heteroatoms. The summed E-state index contributed by atoms with van der Waals surface area (Å²) < 4.78 is 4.72. The second-order valence-electron chi connectivity index (χ2n) is 5.38. The lowest BCUT2D eigenvalue weighted by molar-refractivity contribution is -0.135. The van der Waals surface area contributed by atoms with Crippen molar-refractivity contribution in [2.24, 2.45) is 0 Å². The lowest BCUT2D eigenvalue weighted by Crippen LogP contribution is -2.18. The van der Waals surface area contributed by atoms with Gasteiger partial charge in [-0.15, -0.1) is 0 Å². The molecule has 5 nitrogen and oxygen atoms in total. The van der Waals surface area contributed by atoms with Crippen LogP contribution in [0.25, 0.3) is 0 Å². The number of allylic oxidation sites excluding steroid dienone is 1. The molecule has 0 atom stereocenters. The van der Waals surface area contributed by atoms with Crippen LogP contribution in [0.3, 0.4) is 0 Å². The number of rotatable bonds is 6. The third-order valence-corrected chi connectivity index (χ3v) is 3.76. The second-order valence-corrected chi connectivity index (χ2v) is 5.38. The maximum atomic E-state index is 11.6. The van der Waals surface area contributed by atoms with Crippen LogP contribution in [0.1, 0.15) is 36.8 Å². The van der Waals surface area contributed by atoms with Gasteiger partial charge in [0.1, 0.15) is 5.70 Å². The Balaban J connectivity index is 2.02. The van der Waals surface area contributed by atoms with Crippen LogP contribution < -0.4 is 11.1 Å². The average Bonchev–Trinajstić information content (AvgIpc) is 2.53. The monoisotopic (exact) mass is 299 g/mol. The number of unbranched alkanes of at least 4 members (excludes halogenated alkanes) is 3. The SMILES string of the molecule is COC(=O)C1=CCc2cc(CCCCCC#N)cc(N)c2N1. The van der Waals surface area contributed by atoms with Gasteiger partial charge in [-0.1, -0.05) is 12.5 Å². The molecule has 22 heavy (non-hydrogen) atoms. The van der Waals surface area contributed by atoms with Crippen molar-refractivity contribution in [1.29, 1.82) is 5.26 Å². The molecule has 116 valence electrons. The van der Waals surface area contributed by atoms with Crippen molar-refractivity contribution in [1.82, 2.24) is 0 Å². The zero-order valence-electron chi connectivity index (χ0n) is 12.8. The molecule has 1 aliphatic rings. The number of nitrogens with zero attached hydrogens (tertiary/aromatic N) is 1. The Morgan fingerprint density at radius 3 is 2.95 bits per heavy atom. The number of hydrogen-bond acceptors (Lipinski definition) is 5. The topological polar surface area (TPSA) is 88.1 Å². The van der Waals surface area contributed by atoms with E-state index in [1.807, 2.05) is 12.1 Å². The Hall–Kier alpha value is -2.48. The first-order valence-corrected chi connectivity index (χ1v) is 7.49. The molecule has 0 saturated carbocycles. The molecule has 0 saturated heterocycles. The molecule has 0 spiro atoms. The van der Waals surface area contributed by atoms with E-state index in [9.17, 15) is 4.79 Å². The number of esters is 1. The smallest absolute Gasteiger partial charge is 0.354 e. The number of ether oxygens (including phenoxy) is 1. The molecule has 0 aromatic heterocycles. The van der Waals surface area contributed by atoms with Gasteiger partial charge < -0.3 is 15.8 Å². The summed E-state index contributed by atoms with van der Waals surface area (Å²) in [5, 5.41) is 11.6. The molecule has 3 N–H and O–H groups in total. The van der Waals surface area contributed by atoms with Gasteiger partial charge in [-0.2, -0.15) is 5.26 Å². The first-order chi connectivity index (χ1) is 10.7. The molecule has 1 aromatic carbocycles. The van der Waals surface area contributed by atoms with Gasteiger partial charge in [0.05, 0.1) is 24.6 Å². The van der Waals surface area contributed by atoms with Crippen LogP contribution in [0.5, 0.6) is 0 Å². The molecule has 0 fully saturated rings. The van der Waals surface area contributed by atoms with Crippen LogP contribution in [0.15, 0.2) is 23.9 Å². The van der Waals surface area contributed by atoms with E-state index in [1.54, 1.807) is 0 Å². The fourth-order valence-electron chi connectivity index (χ4n) is 2.60. The van der Waals surface area contributed by atoms with Gasteiger partial charge in [0, 0.05) is 6.42 Å². The van der Waals surface area contributed by atoms with Crippen LogP contribution >= 0.6 is 0 Å². The Kier molecular flexibility index (Phi) is 5.42. The van der Waals surface area contributed by atoms with E-state index in [0.29, 0.717) is 24.2 Å². The lowest BCUT2D eigenvalue weighted by atomic mass is 9.97. The number of fused-ring (bicyclic) bond motifs is 1. The van der Waals surface area contributed by atoms with Crippen molar-refractivity contribution in [3.63, 3.8) is 0 Å². The number of methoxy groups -OCH3 is 1. The molecule has 1 aromatic rings. The van der Waals surface area contributed by atoms with Crippen LogP contribution in [0, 0.1) is 11.3 Å². The summed E-state index contributed by atoms with van der Waals surface area (Å²) in [6, 6.07) is 6.25. The fourth-order valence-corrected chi connectivity index (χ4v) is 2.60. The number of nitriles is 1. The Morgan fingerprint density at radius 1 is 1.41 bits per heavy atom. The average molecular weight is 299 g/mol. The maximum Gasteiger partial charge on any atom is 0.354 e. The van der Waals surface area contributed by atoms with Crippen molar-refractivity contribution in [3.05, 3.63) is 35.0 Å². The number of hydrogen-bond donors (Lipinski definition) is 2. The normalized spacial score (nSPS) is 12.6. The number of nitrogens with two attached hydrogens (primary N) is 1.